The van der Waals surface area contributed by atoms with Crippen molar-refractivity contribution in [2.75, 3.05) is 0 Å². The highest BCUT2D eigenvalue weighted by molar-refractivity contribution is 6.55. The summed E-state index contributed by atoms with van der Waals surface area (Å²) in [4.78, 5) is 20.5. The molecule has 0 radical (unpaired) electrons. The van der Waals surface area contributed by atoms with Crippen LogP contribution in [0.4, 0.5) is 0 Å². The zero-order valence-electron chi connectivity index (χ0n) is 4.90. The molecular weight excluding hydrogens is 139 g/mol. The van der Waals surface area contributed by atoms with Crippen LogP contribution in [0.1, 0.15) is 0 Å². The summed E-state index contributed by atoms with van der Waals surface area (Å²) in [6.07, 6.45) is 1.01. The highest BCUT2D eigenvalue weighted by Crippen LogP contribution is 2.03. The second kappa shape index (κ2) is 2.42. The van der Waals surface area contributed by atoms with Gasteiger partial charge >= 0.3 is 19.3 Å². The summed E-state index contributed by atoms with van der Waals surface area (Å²) in [5, 5.41) is 0. The fourth-order valence-electron chi connectivity index (χ4n) is 0.429. The molecule has 52 valence electrons. The average Bonchev–Trinajstić information content (AvgIpc) is 2.14. The van der Waals surface area contributed by atoms with Gasteiger partial charge in [0.05, 0.1) is 6.26 Å². The number of hydrogen-bond acceptors (Lipinski definition) is 5. The van der Waals surface area contributed by atoms with E-state index in [4.69, 9.17) is 0 Å². The third kappa shape index (κ3) is 1.10. The third-order valence-corrected chi connectivity index (χ3v) is 0.781. The molecule has 1 aliphatic rings. The molecule has 0 aromatic rings. The van der Waals surface area contributed by atoms with E-state index in [0.29, 0.717) is 0 Å². The molecular formula is C4H3BO5. The molecule has 0 N–H and O–H groups in total. The molecule has 0 amide bonds. The summed E-state index contributed by atoms with van der Waals surface area (Å²) in [6.45, 7) is 3.17. The molecule has 6 heteroatoms. The van der Waals surface area contributed by atoms with Gasteiger partial charge in [-0.3, -0.25) is 0 Å². The van der Waals surface area contributed by atoms with Crippen molar-refractivity contribution < 1.29 is 23.6 Å². The Morgan fingerprint density at radius 2 is 1.90 bits per heavy atom. The largest absolute Gasteiger partial charge is 0.868 e. The van der Waals surface area contributed by atoms with Gasteiger partial charge in [0.1, 0.15) is 0 Å². The molecule has 0 aromatic heterocycles. The van der Waals surface area contributed by atoms with E-state index in [2.05, 4.69) is 20.5 Å². The highest BCUT2D eigenvalue weighted by Gasteiger charge is 2.44. The molecule has 1 fully saturated rings. The Labute approximate surface area is 56.7 Å². The van der Waals surface area contributed by atoms with E-state index in [0.717, 1.165) is 6.26 Å². The van der Waals surface area contributed by atoms with Gasteiger partial charge in [-0.15, -0.1) is 0 Å². The molecule has 5 nitrogen and oxygen atoms in total. The highest BCUT2D eigenvalue weighted by atomic mass is 16.8. The van der Waals surface area contributed by atoms with E-state index in [1.165, 1.54) is 0 Å². The first kappa shape index (κ1) is 6.66. The maximum absolute atomic E-state index is 10.2. The van der Waals surface area contributed by atoms with Crippen LogP contribution in [0.3, 0.4) is 0 Å². The van der Waals surface area contributed by atoms with Crippen molar-refractivity contribution in [3.8, 4) is 0 Å². The Bertz CT molecular complexity index is 172. The van der Waals surface area contributed by atoms with Gasteiger partial charge in [-0.05, 0) is 0 Å². The molecule has 0 aliphatic carbocycles. The standard InChI is InChI=1S/C4H3BO5/c1-2-8-5-9-3(6)4(7)10-5/h2H,1H2. The molecule has 0 unspecified atom stereocenters. The molecule has 0 spiro atoms. The van der Waals surface area contributed by atoms with Crippen LogP contribution in [0.2, 0.25) is 0 Å². The summed E-state index contributed by atoms with van der Waals surface area (Å²) >= 11 is 0. The van der Waals surface area contributed by atoms with Gasteiger partial charge in [0.2, 0.25) is 0 Å². The molecule has 1 heterocycles. The zero-order valence-corrected chi connectivity index (χ0v) is 4.90. The predicted octanol–water partition coefficient (Wildman–Crippen LogP) is -0.769. The van der Waals surface area contributed by atoms with Crippen LogP contribution in [-0.2, 0) is 23.6 Å². The quantitative estimate of drug-likeness (QED) is 0.287. The van der Waals surface area contributed by atoms with Gasteiger partial charge < -0.3 is 14.0 Å². The fourth-order valence-corrected chi connectivity index (χ4v) is 0.429. The van der Waals surface area contributed by atoms with Crippen LogP contribution in [-0.4, -0.2) is 19.3 Å². The van der Waals surface area contributed by atoms with E-state index in [1.807, 2.05) is 0 Å². The van der Waals surface area contributed by atoms with Crippen molar-refractivity contribution in [2.45, 2.75) is 0 Å². The monoisotopic (exact) mass is 142 g/mol. The van der Waals surface area contributed by atoms with Crippen LogP contribution in [0.15, 0.2) is 12.8 Å². The van der Waals surface area contributed by atoms with Crippen molar-refractivity contribution in [3.63, 3.8) is 0 Å². The van der Waals surface area contributed by atoms with Crippen molar-refractivity contribution in [1.82, 2.24) is 0 Å². The van der Waals surface area contributed by atoms with Crippen LogP contribution in [0.5, 0.6) is 0 Å². The lowest BCUT2D eigenvalue weighted by Crippen LogP contribution is -2.16. The summed E-state index contributed by atoms with van der Waals surface area (Å²) in [5.74, 6) is -2.10. The second-order valence-corrected chi connectivity index (χ2v) is 1.40. The smallest absolute Gasteiger partial charge is 0.497 e. The predicted molar refractivity (Wildman–Crippen MR) is 29.2 cm³/mol. The average molecular weight is 142 g/mol. The van der Waals surface area contributed by atoms with Gasteiger partial charge in [-0.25, -0.2) is 9.59 Å². The van der Waals surface area contributed by atoms with Gasteiger partial charge in [-0.1, -0.05) is 6.58 Å². The fraction of sp³-hybridized carbons (Fsp3) is 0. The first-order valence-electron chi connectivity index (χ1n) is 2.42. The first-order chi connectivity index (χ1) is 4.74. The second-order valence-electron chi connectivity index (χ2n) is 1.40. The minimum atomic E-state index is -1.25. The lowest BCUT2D eigenvalue weighted by molar-refractivity contribution is -0.150. The van der Waals surface area contributed by atoms with Gasteiger partial charge in [0.25, 0.3) is 0 Å². The van der Waals surface area contributed by atoms with Crippen molar-refractivity contribution >= 4 is 19.3 Å². The number of carbonyl (C=O) groups excluding carboxylic acids is 2. The van der Waals surface area contributed by atoms with Crippen molar-refractivity contribution in [2.24, 2.45) is 0 Å². The summed E-state index contributed by atoms with van der Waals surface area (Å²) in [5.41, 5.74) is 0. The molecule has 1 aliphatic heterocycles. The molecule has 1 rings (SSSR count). The van der Waals surface area contributed by atoms with Gasteiger partial charge in [-0.2, -0.15) is 0 Å². The normalized spacial score (nSPS) is 16.2. The zero-order chi connectivity index (χ0) is 7.56. The SMILES string of the molecule is C=COB1OC(=O)C(=O)O1. The van der Waals surface area contributed by atoms with E-state index in [-0.39, 0.29) is 0 Å². The van der Waals surface area contributed by atoms with Crippen LogP contribution in [0.25, 0.3) is 0 Å². The Hall–Kier alpha value is -1.46. The Morgan fingerprint density at radius 1 is 1.40 bits per heavy atom. The Balaban J connectivity index is 2.48. The van der Waals surface area contributed by atoms with Crippen LogP contribution >= 0.6 is 0 Å². The molecule has 10 heavy (non-hydrogen) atoms. The summed E-state index contributed by atoms with van der Waals surface area (Å²) in [6, 6.07) is 0. The maximum atomic E-state index is 10.2. The number of rotatable bonds is 2. The number of hydrogen-bond donors (Lipinski definition) is 0. The summed E-state index contributed by atoms with van der Waals surface area (Å²) < 4.78 is 12.8. The van der Waals surface area contributed by atoms with E-state index in [9.17, 15) is 9.59 Å². The van der Waals surface area contributed by atoms with Crippen molar-refractivity contribution in [3.05, 3.63) is 12.8 Å². The minimum Gasteiger partial charge on any atom is -0.497 e. The summed E-state index contributed by atoms with van der Waals surface area (Å²) in [7, 11) is -1.25. The lowest BCUT2D eigenvalue weighted by atomic mass is 10.2. The Morgan fingerprint density at radius 3 is 2.30 bits per heavy atom. The van der Waals surface area contributed by atoms with E-state index in [1.54, 1.807) is 0 Å². The molecule has 0 bridgehead atoms. The lowest BCUT2D eigenvalue weighted by Gasteiger charge is -1.96. The van der Waals surface area contributed by atoms with Crippen LogP contribution < -0.4 is 0 Å². The van der Waals surface area contributed by atoms with Gasteiger partial charge in [0, 0.05) is 0 Å². The van der Waals surface area contributed by atoms with Gasteiger partial charge in [0.15, 0.2) is 0 Å². The van der Waals surface area contributed by atoms with Crippen molar-refractivity contribution in [1.29, 1.82) is 0 Å². The minimum absolute atomic E-state index is 1.01. The third-order valence-electron chi connectivity index (χ3n) is 0.781. The number of carbonyl (C=O) groups is 2. The topological polar surface area (TPSA) is 61.8 Å². The van der Waals surface area contributed by atoms with E-state index >= 15 is 0 Å². The molecule has 0 aromatic carbocycles. The van der Waals surface area contributed by atoms with Crippen LogP contribution in [0, 0.1) is 0 Å². The Kier molecular flexibility index (Phi) is 1.62. The molecule has 1 saturated heterocycles. The molecule has 0 atom stereocenters. The molecule has 0 saturated carbocycles. The maximum Gasteiger partial charge on any atom is 0.868 e. The first-order valence-corrected chi connectivity index (χ1v) is 2.42. The van der Waals surface area contributed by atoms with E-state index < -0.39 is 19.3 Å².